The largest absolute Gasteiger partial charge is 0.384 e. The molecule has 0 aliphatic heterocycles. The van der Waals surface area contributed by atoms with E-state index in [1.54, 1.807) is 18.0 Å². The molecule has 0 radical (unpaired) electrons. The van der Waals surface area contributed by atoms with Gasteiger partial charge >= 0.3 is 0 Å². The van der Waals surface area contributed by atoms with Gasteiger partial charge in [-0.15, -0.1) is 11.8 Å². The van der Waals surface area contributed by atoms with Gasteiger partial charge in [0.15, 0.2) is 0 Å². The number of anilines is 1. The number of pyridine rings is 1. The molecule has 1 aromatic heterocycles. The van der Waals surface area contributed by atoms with Crippen LogP contribution in [0.15, 0.2) is 34.9 Å². The lowest BCUT2D eigenvalue weighted by Gasteiger charge is -1.98. The molecule has 2 N–H and O–H groups in total. The molecule has 0 spiro atoms. The number of hydrogen-bond donors (Lipinski definition) is 1. The Kier molecular flexibility index (Phi) is 3.83. The van der Waals surface area contributed by atoms with Crippen LogP contribution in [0.2, 0.25) is 0 Å². The van der Waals surface area contributed by atoms with E-state index in [4.69, 9.17) is 5.73 Å². The van der Waals surface area contributed by atoms with Crippen LogP contribution in [0.1, 0.15) is 13.8 Å². The monoisotopic (exact) mass is 194 g/mol. The molecule has 0 saturated carbocycles. The third-order valence-electron chi connectivity index (χ3n) is 1.50. The summed E-state index contributed by atoms with van der Waals surface area (Å²) in [6.45, 7) is 4.20. The van der Waals surface area contributed by atoms with Gasteiger partial charge in [0.05, 0.1) is 0 Å². The summed E-state index contributed by atoms with van der Waals surface area (Å²) in [5.74, 6) is 1.57. The van der Waals surface area contributed by atoms with Gasteiger partial charge in [-0.1, -0.05) is 11.6 Å². The number of hydrogen-bond acceptors (Lipinski definition) is 3. The molecule has 0 aliphatic rings. The Hall–Kier alpha value is -0.960. The Balaban J connectivity index is 2.46. The Morgan fingerprint density at radius 3 is 2.85 bits per heavy atom. The number of nitrogens with two attached hydrogens (primary N) is 1. The summed E-state index contributed by atoms with van der Waals surface area (Å²) < 4.78 is 0. The van der Waals surface area contributed by atoms with Crippen LogP contribution in [0.3, 0.4) is 0 Å². The zero-order valence-corrected chi connectivity index (χ0v) is 8.77. The molecule has 0 aliphatic carbocycles. The standard InChI is InChI=1S/C10H14N2S/c1-8(2)5-6-13-9-3-4-10(11)12-7-9/h3-5,7H,6H2,1-2H3,(H2,11,12). The number of nitrogen functional groups attached to an aromatic ring is 1. The third kappa shape index (κ3) is 3.99. The summed E-state index contributed by atoms with van der Waals surface area (Å²) in [5, 5.41) is 0. The van der Waals surface area contributed by atoms with E-state index in [9.17, 15) is 0 Å². The van der Waals surface area contributed by atoms with E-state index in [1.807, 2.05) is 12.1 Å². The van der Waals surface area contributed by atoms with Crippen LogP contribution in [-0.2, 0) is 0 Å². The van der Waals surface area contributed by atoms with Crippen LogP contribution < -0.4 is 5.73 Å². The van der Waals surface area contributed by atoms with Gasteiger partial charge in [0.2, 0.25) is 0 Å². The minimum atomic E-state index is 0.576. The Morgan fingerprint density at radius 1 is 1.54 bits per heavy atom. The molecule has 3 heteroatoms. The molecule has 0 aromatic carbocycles. The van der Waals surface area contributed by atoms with Crippen LogP contribution in [0.5, 0.6) is 0 Å². The number of allylic oxidation sites excluding steroid dienone is 1. The predicted molar refractivity (Wildman–Crippen MR) is 58.8 cm³/mol. The maximum atomic E-state index is 5.47. The lowest BCUT2D eigenvalue weighted by molar-refractivity contribution is 1.25. The second-order valence-electron chi connectivity index (χ2n) is 3.01. The van der Waals surface area contributed by atoms with E-state index < -0.39 is 0 Å². The third-order valence-corrected chi connectivity index (χ3v) is 2.41. The lowest BCUT2D eigenvalue weighted by atomic mass is 10.3. The highest BCUT2D eigenvalue weighted by atomic mass is 32.2. The molecule has 0 saturated heterocycles. The first kappa shape index (κ1) is 10.1. The molecule has 2 nitrogen and oxygen atoms in total. The van der Waals surface area contributed by atoms with Gasteiger partial charge in [-0.2, -0.15) is 0 Å². The molecule has 1 heterocycles. The summed E-state index contributed by atoms with van der Waals surface area (Å²) in [6.07, 6.45) is 4.00. The van der Waals surface area contributed by atoms with Gasteiger partial charge in [-0.05, 0) is 26.0 Å². The summed E-state index contributed by atoms with van der Waals surface area (Å²) in [7, 11) is 0. The van der Waals surface area contributed by atoms with E-state index in [0.717, 1.165) is 10.6 Å². The minimum Gasteiger partial charge on any atom is -0.384 e. The van der Waals surface area contributed by atoms with E-state index in [1.165, 1.54) is 5.57 Å². The zero-order valence-electron chi connectivity index (χ0n) is 7.95. The van der Waals surface area contributed by atoms with Gasteiger partial charge < -0.3 is 5.73 Å². The van der Waals surface area contributed by atoms with Gasteiger partial charge in [0.1, 0.15) is 5.82 Å². The van der Waals surface area contributed by atoms with E-state index >= 15 is 0 Å². The average Bonchev–Trinajstić information content (AvgIpc) is 2.08. The highest BCUT2D eigenvalue weighted by molar-refractivity contribution is 7.99. The zero-order chi connectivity index (χ0) is 9.68. The maximum Gasteiger partial charge on any atom is 0.123 e. The highest BCUT2D eigenvalue weighted by Crippen LogP contribution is 2.17. The smallest absolute Gasteiger partial charge is 0.123 e. The second-order valence-corrected chi connectivity index (χ2v) is 4.10. The van der Waals surface area contributed by atoms with Crippen molar-refractivity contribution in [3.05, 3.63) is 30.0 Å². The van der Waals surface area contributed by atoms with Gasteiger partial charge in [-0.3, -0.25) is 0 Å². The van der Waals surface area contributed by atoms with Crippen LogP contribution >= 0.6 is 11.8 Å². The second kappa shape index (κ2) is 4.92. The lowest BCUT2D eigenvalue weighted by Crippen LogP contribution is -1.88. The fraction of sp³-hybridized carbons (Fsp3) is 0.300. The normalized spacial score (nSPS) is 9.69. The van der Waals surface area contributed by atoms with Crippen molar-refractivity contribution < 1.29 is 0 Å². The van der Waals surface area contributed by atoms with Crippen molar-refractivity contribution in [2.45, 2.75) is 18.7 Å². The van der Waals surface area contributed by atoms with Crippen LogP contribution in [0.25, 0.3) is 0 Å². The summed E-state index contributed by atoms with van der Waals surface area (Å²) in [6, 6.07) is 3.82. The SMILES string of the molecule is CC(C)=CCSc1ccc(N)nc1. The Morgan fingerprint density at radius 2 is 2.31 bits per heavy atom. The van der Waals surface area contributed by atoms with Crippen molar-refractivity contribution in [2.24, 2.45) is 0 Å². The molecule has 13 heavy (non-hydrogen) atoms. The van der Waals surface area contributed by atoms with Crippen molar-refractivity contribution in [2.75, 3.05) is 11.5 Å². The highest BCUT2D eigenvalue weighted by Gasteiger charge is 1.92. The van der Waals surface area contributed by atoms with Crippen molar-refractivity contribution in [1.82, 2.24) is 4.98 Å². The van der Waals surface area contributed by atoms with Crippen molar-refractivity contribution >= 4 is 17.6 Å². The summed E-state index contributed by atoms with van der Waals surface area (Å²) in [5.41, 5.74) is 6.81. The van der Waals surface area contributed by atoms with Crippen LogP contribution in [0.4, 0.5) is 5.82 Å². The Bertz CT molecular complexity index is 286. The number of rotatable bonds is 3. The van der Waals surface area contributed by atoms with E-state index in [2.05, 4.69) is 24.9 Å². The number of aromatic nitrogens is 1. The van der Waals surface area contributed by atoms with Gasteiger partial charge in [0.25, 0.3) is 0 Å². The number of thioether (sulfide) groups is 1. The van der Waals surface area contributed by atoms with Gasteiger partial charge in [0, 0.05) is 16.8 Å². The average molecular weight is 194 g/mol. The first-order valence-electron chi connectivity index (χ1n) is 4.16. The Labute approximate surface area is 83.2 Å². The molecule has 0 bridgehead atoms. The summed E-state index contributed by atoms with van der Waals surface area (Å²) in [4.78, 5) is 5.17. The molecule has 0 unspecified atom stereocenters. The van der Waals surface area contributed by atoms with E-state index in [0.29, 0.717) is 5.82 Å². The maximum absolute atomic E-state index is 5.47. The topological polar surface area (TPSA) is 38.9 Å². The van der Waals surface area contributed by atoms with Crippen LogP contribution in [-0.4, -0.2) is 10.7 Å². The molecule has 1 rings (SSSR count). The van der Waals surface area contributed by atoms with Crippen molar-refractivity contribution in [3.63, 3.8) is 0 Å². The van der Waals surface area contributed by atoms with Crippen molar-refractivity contribution in [3.8, 4) is 0 Å². The first-order valence-corrected chi connectivity index (χ1v) is 5.15. The fourth-order valence-electron chi connectivity index (χ4n) is 0.782. The quantitative estimate of drug-likeness (QED) is 0.594. The van der Waals surface area contributed by atoms with Crippen molar-refractivity contribution in [1.29, 1.82) is 0 Å². The molecule has 1 aromatic rings. The fourth-order valence-corrected chi connectivity index (χ4v) is 1.68. The first-order chi connectivity index (χ1) is 6.18. The van der Waals surface area contributed by atoms with Crippen LogP contribution in [0, 0.1) is 0 Å². The molecule has 0 atom stereocenters. The summed E-state index contributed by atoms with van der Waals surface area (Å²) >= 11 is 1.76. The molecule has 0 fully saturated rings. The van der Waals surface area contributed by atoms with E-state index in [-0.39, 0.29) is 0 Å². The van der Waals surface area contributed by atoms with Gasteiger partial charge in [-0.25, -0.2) is 4.98 Å². The molecular weight excluding hydrogens is 180 g/mol. The molecule has 0 amide bonds. The number of nitrogens with zero attached hydrogens (tertiary/aromatic N) is 1. The molecule has 70 valence electrons. The molecular formula is C10H14N2S. The predicted octanol–water partition coefficient (Wildman–Crippen LogP) is 2.72. The minimum absolute atomic E-state index is 0.576.